The first-order valence-corrected chi connectivity index (χ1v) is 22.4. The molecule has 1 unspecified atom stereocenters. The minimum Gasteiger partial charge on any atom is -0.462 e. The summed E-state index contributed by atoms with van der Waals surface area (Å²) in [5, 5.41) is 0. The zero-order valence-electron chi connectivity index (χ0n) is 36.1. The maximum absolute atomic E-state index is 12.7. The van der Waals surface area contributed by atoms with Crippen molar-refractivity contribution >= 4 is 11.9 Å². The van der Waals surface area contributed by atoms with Gasteiger partial charge in [0, 0.05) is 19.4 Å². The Labute approximate surface area is 344 Å². The van der Waals surface area contributed by atoms with Crippen molar-refractivity contribution in [2.45, 2.75) is 181 Å². The van der Waals surface area contributed by atoms with Crippen molar-refractivity contribution in [2.24, 2.45) is 0 Å². The first kappa shape index (κ1) is 52.6. The van der Waals surface area contributed by atoms with Crippen molar-refractivity contribution in [3.63, 3.8) is 0 Å². The molecule has 1 atom stereocenters. The lowest BCUT2D eigenvalue weighted by Gasteiger charge is -2.18. The van der Waals surface area contributed by atoms with E-state index in [2.05, 4.69) is 118 Å². The Bertz CT molecular complexity index is 1150. The van der Waals surface area contributed by atoms with E-state index in [9.17, 15) is 9.59 Å². The first-order chi connectivity index (χ1) is 27.6. The predicted octanol–water partition coefficient (Wildman–Crippen LogP) is 14.9. The van der Waals surface area contributed by atoms with Crippen LogP contribution in [-0.2, 0) is 23.8 Å². The van der Waals surface area contributed by atoms with E-state index in [1.807, 2.05) is 12.2 Å². The smallest absolute Gasteiger partial charge is 0.306 e. The van der Waals surface area contributed by atoms with Gasteiger partial charge in [0.1, 0.15) is 6.61 Å². The fourth-order valence-corrected chi connectivity index (χ4v) is 5.53. The molecule has 0 saturated heterocycles. The van der Waals surface area contributed by atoms with Gasteiger partial charge in [0.05, 0.1) is 6.61 Å². The maximum Gasteiger partial charge on any atom is 0.306 e. The molecule has 0 aromatic heterocycles. The van der Waals surface area contributed by atoms with Crippen LogP contribution in [0.25, 0.3) is 0 Å². The van der Waals surface area contributed by atoms with Crippen molar-refractivity contribution in [3.05, 3.63) is 109 Å². The molecule has 5 heteroatoms. The molecule has 316 valence electrons. The zero-order chi connectivity index (χ0) is 40.7. The van der Waals surface area contributed by atoms with Crippen LogP contribution >= 0.6 is 0 Å². The lowest BCUT2D eigenvalue weighted by molar-refractivity contribution is -0.162. The Morgan fingerprint density at radius 1 is 0.411 bits per heavy atom. The second kappa shape index (κ2) is 45.9. The van der Waals surface area contributed by atoms with Gasteiger partial charge < -0.3 is 14.2 Å². The van der Waals surface area contributed by atoms with Crippen LogP contribution in [0.4, 0.5) is 0 Å². The standard InChI is InChI=1S/C51H82O5/c1-4-7-10-13-16-19-22-25-28-31-34-37-40-43-46-54-47-49(56-51(53)45-42-39-36-33-30-27-24-21-18-15-12-9-6-3)48-55-50(52)44-41-38-35-32-29-26-23-20-17-14-11-8-5-2/h8-9,11-12,17-22,26-27,29-30,35-36,38-39,49H,4-7,10,13-16,23-25,28,31-34,37,40-48H2,1-3H3/b11-8-,12-9-,20-17-,21-18-,22-19-,29-26-,30-27-,38-35-,39-36-. The number of carbonyl (C=O) groups excluding carboxylic acids is 2. The molecule has 0 aromatic rings. The Balaban J connectivity index is 4.49. The van der Waals surface area contributed by atoms with Crippen molar-refractivity contribution in [1.82, 2.24) is 0 Å². The summed E-state index contributed by atoms with van der Waals surface area (Å²) in [4.78, 5) is 25.2. The second-order valence-corrected chi connectivity index (χ2v) is 14.2. The van der Waals surface area contributed by atoms with Crippen LogP contribution in [0.3, 0.4) is 0 Å². The fourth-order valence-electron chi connectivity index (χ4n) is 5.53. The summed E-state index contributed by atoms with van der Waals surface area (Å²) in [6.45, 7) is 7.38. The molecule has 0 rings (SSSR count). The van der Waals surface area contributed by atoms with Crippen LogP contribution < -0.4 is 0 Å². The molecule has 0 saturated carbocycles. The molecule has 0 radical (unpaired) electrons. The van der Waals surface area contributed by atoms with Crippen LogP contribution in [0, 0.1) is 0 Å². The van der Waals surface area contributed by atoms with E-state index < -0.39 is 6.10 Å². The lowest BCUT2D eigenvalue weighted by atomic mass is 10.1. The molecule has 0 aromatic carbocycles. The third-order valence-electron chi connectivity index (χ3n) is 8.80. The first-order valence-electron chi connectivity index (χ1n) is 22.4. The number of allylic oxidation sites excluding steroid dienone is 18. The summed E-state index contributed by atoms with van der Waals surface area (Å²) >= 11 is 0. The molecule has 0 N–H and O–H groups in total. The van der Waals surface area contributed by atoms with Crippen LogP contribution in [0.2, 0.25) is 0 Å². The summed E-state index contributed by atoms with van der Waals surface area (Å²) in [5.74, 6) is -0.598. The predicted molar refractivity (Wildman–Crippen MR) is 242 cm³/mol. The van der Waals surface area contributed by atoms with Crippen molar-refractivity contribution in [2.75, 3.05) is 19.8 Å². The van der Waals surface area contributed by atoms with E-state index in [0.29, 0.717) is 19.4 Å². The molecule has 0 bridgehead atoms. The summed E-state index contributed by atoms with van der Waals surface area (Å²) in [7, 11) is 0. The van der Waals surface area contributed by atoms with Gasteiger partial charge in [-0.05, 0) is 96.3 Å². The van der Waals surface area contributed by atoms with E-state index in [1.54, 1.807) is 0 Å². The van der Waals surface area contributed by atoms with E-state index in [4.69, 9.17) is 14.2 Å². The molecule has 0 aliphatic rings. The second-order valence-electron chi connectivity index (χ2n) is 14.2. The van der Waals surface area contributed by atoms with E-state index in [-0.39, 0.29) is 38.0 Å². The number of ether oxygens (including phenoxy) is 3. The van der Waals surface area contributed by atoms with E-state index >= 15 is 0 Å². The molecular formula is C51H82O5. The molecule has 0 amide bonds. The van der Waals surface area contributed by atoms with Crippen LogP contribution in [-0.4, -0.2) is 37.9 Å². The molecule has 56 heavy (non-hydrogen) atoms. The number of unbranched alkanes of at least 4 members (excludes halogenated alkanes) is 10. The molecule has 0 aliphatic heterocycles. The van der Waals surface area contributed by atoms with E-state index in [0.717, 1.165) is 64.2 Å². The average Bonchev–Trinajstić information content (AvgIpc) is 3.20. The number of carbonyl (C=O) groups is 2. The normalized spacial score (nSPS) is 13.3. The topological polar surface area (TPSA) is 61.8 Å². The molecule has 5 nitrogen and oxygen atoms in total. The van der Waals surface area contributed by atoms with Gasteiger partial charge in [-0.1, -0.05) is 175 Å². The van der Waals surface area contributed by atoms with Gasteiger partial charge in [-0.15, -0.1) is 0 Å². The number of esters is 2. The molecule has 0 spiro atoms. The van der Waals surface area contributed by atoms with Gasteiger partial charge in [0.2, 0.25) is 0 Å². The average molecular weight is 775 g/mol. The highest BCUT2D eigenvalue weighted by atomic mass is 16.6. The minimum atomic E-state index is -0.610. The van der Waals surface area contributed by atoms with Crippen LogP contribution in [0.5, 0.6) is 0 Å². The van der Waals surface area contributed by atoms with Crippen LogP contribution in [0.1, 0.15) is 175 Å². The summed E-state index contributed by atoms with van der Waals surface area (Å²) in [5.41, 5.74) is 0. The summed E-state index contributed by atoms with van der Waals surface area (Å²) < 4.78 is 17.1. The Kier molecular flexibility index (Phi) is 43.1. The van der Waals surface area contributed by atoms with Crippen molar-refractivity contribution < 1.29 is 23.8 Å². The van der Waals surface area contributed by atoms with Gasteiger partial charge in [-0.2, -0.15) is 0 Å². The third-order valence-corrected chi connectivity index (χ3v) is 8.80. The monoisotopic (exact) mass is 775 g/mol. The van der Waals surface area contributed by atoms with Crippen molar-refractivity contribution in [1.29, 1.82) is 0 Å². The van der Waals surface area contributed by atoms with Gasteiger partial charge >= 0.3 is 11.9 Å². The fraction of sp³-hybridized carbons (Fsp3) is 0.608. The Hall–Kier alpha value is -3.44. The van der Waals surface area contributed by atoms with Crippen molar-refractivity contribution in [3.8, 4) is 0 Å². The lowest BCUT2D eigenvalue weighted by Crippen LogP contribution is -2.30. The quantitative estimate of drug-likeness (QED) is 0.0354. The van der Waals surface area contributed by atoms with Gasteiger partial charge in [0.25, 0.3) is 0 Å². The SMILES string of the molecule is CC/C=C\C/C=C\C/C=C\C/C=C\CCC(=O)OCC(COCCCCCCCC/C=C\CCCCCC)OC(=O)CC/C=C\C/C=C\C/C=C\C/C=C\CC. The van der Waals surface area contributed by atoms with Gasteiger partial charge in [-0.3, -0.25) is 9.59 Å². The summed E-state index contributed by atoms with van der Waals surface area (Å²) in [6.07, 6.45) is 62.6. The molecular weight excluding hydrogens is 693 g/mol. The minimum absolute atomic E-state index is 0.00986. The zero-order valence-corrected chi connectivity index (χ0v) is 36.1. The Morgan fingerprint density at radius 2 is 0.804 bits per heavy atom. The van der Waals surface area contributed by atoms with Gasteiger partial charge in [0.15, 0.2) is 6.10 Å². The Morgan fingerprint density at radius 3 is 1.29 bits per heavy atom. The third kappa shape index (κ3) is 43.3. The van der Waals surface area contributed by atoms with Crippen LogP contribution in [0.15, 0.2) is 109 Å². The molecule has 0 aliphatic carbocycles. The molecule has 0 fully saturated rings. The highest BCUT2D eigenvalue weighted by molar-refractivity contribution is 5.70. The highest BCUT2D eigenvalue weighted by Crippen LogP contribution is 2.10. The number of hydrogen-bond acceptors (Lipinski definition) is 5. The number of hydrogen-bond donors (Lipinski definition) is 0. The van der Waals surface area contributed by atoms with Gasteiger partial charge in [-0.25, -0.2) is 0 Å². The highest BCUT2D eigenvalue weighted by Gasteiger charge is 2.17. The molecule has 0 heterocycles. The number of rotatable bonds is 39. The maximum atomic E-state index is 12.7. The largest absolute Gasteiger partial charge is 0.462 e. The van der Waals surface area contributed by atoms with E-state index in [1.165, 1.54) is 64.2 Å². The summed E-state index contributed by atoms with van der Waals surface area (Å²) in [6, 6.07) is 0.